The van der Waals surface area contributed by atoms with Crippen LogP contribution in [0.5, 0.6) is 0 Å². The molecule has 1 aromatic rings. The minimum atomic E-state index is -0.990. The summed E-state index contributed by atoms with van der Waals surface area (Å²) in [5, 5.41) is 30.1. The lowest BCUT2D eigenvalue weighted by molar-refractivity contribution is 0.0611. The summed E-state index contributed by atoms with van der Waals surface area (Å²) < 4.78 is 0. The molecule has 0 spiro atoms. The Morgan fingerprint density at radius 1 is 1.33 bits per heavy atom. The summed E-state index contributed by atoms with van der Waals surface area (Å²) >= 11 is 0. The fourth-order valence-corrected chi connectivity index (χ4v) is 1.35. The molecule has 0 radical (unpaired) electrons. The van der Waals surface area contributed by atoms with Crippen LogP contribution in [0.25, 0.3) is 0 Å². The second kappa shape index (κ2) is 5.38. The molecule has 0 aliphatic rings. The highest BCUT2D eigenvalue weighted by atomic mass is 16.3. The first kappa shape index (κ1) is 11.6. The third-order valence-corrected chi connectivity index (χ3v) is 2.05. The van der Waals surface area contributed by atoms with Crippen molar-refractivity contribution in [1.29, 1.82) is 0 Å². The normalized spacial score (nSPS) is 14.3. The standard InChI is InChI=1S/C11H15NO3/c1-8(14)12-11(10(15)7-13)9-5-3-2-4-6-9/h2-6,10-15H,1,7H2. The topological polar surface area (TPSA) is 72.7 Å². The summed E-state index contributed by atoms with van der Waals surface area (Å²) in [6.45, 7) is 2.90. The number of benzene rings is 1. The Hall–Kier alpha value is -1.52. The third kappa shape index (κ3) is 3.27. The molecule has 0 aliphatic heterocycles. The first-order chi connectivity index (χ1) is 7.15. The molecule has 4 nitrogen and oxygen atoms in total. The van der Waals surface area contributed by atoms with Gasteiger partial charge in [0.15, 0.2) is 5.88 Å². The maximum atomic E-state index is 9.56. The zero-order valence-electron chi connectivity index (χ0n) is 8.30. The van der Waals surface area contributed by atoms with E-state index >= 15 is 0 Å². The maximum Gasteiger partial charge on any atom is 0.177 e. The Kier molecular flexibility index (Phi) is 4.15. The highest BCUT2D eigenvalue weighted by Gasteiger charge is 2.20. The molecule has 2 atom stereocenters. The van der Waals surface area contributed by atoms with Crippen molar-refractivity contribution in [3.05, 3.63) is 48.4 Å². The molecule has 0 amide bonds. The molecule has 0 saturated carbocycles. The van der Waals surface area contributed by atoms with Crippen LogP contribution in [0.15, 0.2) is 42.8 Å². The molecule has 4 heteroatoms. The van der Waals surface area contributed by atoms with Crippen molar-refractivity contribution in [3.63, 3.8) is 0 Å². The summed E-state index contributed by atoms with van der Waals surface area (Å²) in [5.74, 6) is -0.239. The van der Waals surface area contributed by atoms with E-state index < -0.39 is 12.1 Å². The maximum absolute atomic E-state index is 9.56. The zero-order chi connectivity index (χ0) is 11.3. The number of hydrogen-bond acceptors (Lipinski definition) is 4. The highest BCUT2D eigenvalue weighted by Crippen LogP contribution is 2.17. The fraction of sp³-hybridized carbons (Fsp3) is 0.273. The van der Waals surface area contributed by atoms with Crippen LogP contribution >= 0.6 is 0 Å². The predicted octanol–water partition coefficient (Wildman–Crippen LogP) is 0.700. The lowest BCUT2D eigenvalue weighted by Crippen LogP contribution is -2.33. The molecule has 0 fully saturated rings. The van der Waals surface area contributed by atoms with Crippen LogP contribution in [0.1, 0.15) is 11.6 Å². The van der Waals surface area contributed by atoms with Crippen LogP contribution < -0.4 is 5.32 Å². The number of hydrogen-bond donors (Lipinski definition) is 4. The van der Waals surface area contributed by atoms with E-state index in [0.717, 1.165) is 5.56 Å². The molecular weight excluding hydrogens is 194 g/mol. The average Bonchev–Trinajstić information content (AvgIpc) is 2.26. The van der Waals surface area contributed by atoms with Gasteiger partial charge in [0.25, 0.3) is 0 Å². The molecule has 1 rings (SSSR count). The van der Waals surface area contributed by atoms with Crippen molar-refractivity contribution in [2.24, 2.45) is 0 Å². The smallest absolute Gasteiger partial charge is 0.177 e. The van der Waals surface area contributed by atoms with Crippen molar-refractivity contribution in [2.75, 3.05) is 6.61 Å². The Labute approximate surface area is 88.5 Å². The number of aliphatic hydroxyl groups excluding tert-OH is 3. The third-order valence-electron chi connectivity index (χ3n) is 2.05. The molecule has 0 bridgehead atoms. The first-order valence-corrected chi connectivity index (χ1v) is 4.63. The van der Waals surface area contributed by atoms with Crippen molar-refractivity contribution < 1.29 is 15.3 Å². The molecule has 0 aromatic heterocycles. The van der Waals surface area contributed by atoms with E-state index in [4.69, 9.17) is 10.2 Å². The Morgan fingerprint density at radius 2 is 1.93 bits per heavy atom. The van der Waals surface area contributed by atoms with Gasteiger partial charge in [0, 0.05) is 0 Å². The SMILES string of the molecule is C=C(O)NC(c1ccccc1)C(O)CO. The van der Waals surface area contributed by atoms with E-state index in [1.54, 1.807) is 12.1 Å². The molecular formula is C11H15NO3. The molecule has 4 N–H and O–H groups in total. The molecule has 0 saturated heterocycles. The number of rotatable bonds is 5. The van der Waals surface area contributed by atoms with Gasteiger partial charge in [0.2, 0.25) is 0 Å². The van der Waals surface area contributed by atoms with Gasteiger partial charge in [-0.3, -0.25) is 0 Å². The average molecular weight is 209 g/mol. The van der Waals surface area contributed by atoms with Gasteiger partial charge < -0.3 is 20.6 Å². The van der Waals surface area contributed by atoms with Crippen LogP contribution in [0.3, 0.4) is 0 Å². The van der Waals surface area contributed by atoms with Crippen LogP contribution in [0.4, 0.5) is 0 Å². The summed E-state index contributed by atoms with van der Waals surface area (Å²) in [4.78, 5) is 0. The quantitative estimate of drug-likeness (QED) is 0.539. The molecule has 0 aliphatic carbocycles. The van der Waals surface area contributed by atoms with E-state index in [2.05, 4.69) is 11.9 Å². The Balaban J connectivity index is 2.86. The van der Waals surface area contributed by atoms with E-state index in [9.17, 15) is 5.11 Å². The van der Waals surface area contributed by atoms with Crippen molar-refractivity contribution in [3.8, 4) is 0 Å². The zero-order valence-corrected chi connectivity index (χ0v) is 8.30. The fourth-order valence-electron chi connectivity index (χ4n) is 1.35. The lowest BCUT2D eigenvalue weighted by atomic mass is 10.0. The second-order valence-corrected chi connectivity index (χ2v) is 3.23. The molecule has 1 aromatic carbocycles. The van der Waals surface area contributed by atoms with E-state index in [0.29, 0.717) is 0 Å². The van der Waals surface area contributed by atoms with Crippen LogP contribution in [-0.4, -0.2) is 28.0 Å². The highest BCUT2D eigenvalue weighted by molar-refractivity contribution is 5.20. The largest absolute Gasteiger partial charge is 0.495 e. The van der Waals surface area contributed by atoms with Crippen molar-refractivity contribution in [1.82, 2.24) is 5.32 Å². The molecule has 0 heterocycles. The summed E-state index contributed by atoms with van der Waals surface area (Å²) in [5.41, 5.74) is 0.772. The lowest BCUT2D eigenvalue weighted by Gasteiger charge is -2.23. The Bertz CT molecular complexity index is 313. The van der Waals surface area contributed by atoms with Gasteiger partial charge >= 0.3 is 0 Å². The van der Waals surface area contributed by atoms with Crippen LogP contribution in [0.2, 0.25) is 0 Å². The van der Waals surface area contributed by atoms with Crippen molar-refractivity contribution >= 4 is 0 Å². The van der Waals surface area contributed by atoms with Crippen LogP contribution in [-0.2, 0) is 0 Å². The summed E-state index contributed by atoms with van der Waals surface area (Å²) in [7, 11) is 0. The predicted molar refractivity (Wildman–Crippen MR) is 57.2 cm³/mol. The molecule has 15 heavy (non-hydrogen) atoms. The number of aliphatic hydroxyl groups is 3. The van der Waals surface area contributed by atoms with Gasteiger partial charge in [-0.15, -0.1) is 0 Å². The minimum Gasteiger partial charge on any atom is -0.495 e. The van der Waals surface area contributed by atoms with E-state index in [1.165, 1.54) is 0 Å². The summed E-state index contributed by atoms with van der Waals surface area (Å²) in [6, 6.07) is 8.50. The van der Waals surface area contributed by atoms with E-state index in [1.807, 2.05) is 18.2 Å². The second-order valence-electron chi connectivity index (χ2n) is 3.23. The summed E-state index contributed by atoms with van der Waals surface area (Å²) in [6.07, 6.45) is -0.990. The van der Waals surface area contributed by atoms with Gasteiger partial charge in [-0.1, -0.05) is 30.3 Å². The van der Waals surface area contributed by atoms with Crippen molar-refractivity contribution in [2.45, 2.75) is 12.1 Å². The molecule has 2 unspecified atom stereocenters. The monoisotopic (exact) mass is 209 g/mol. The number of nitrogens with one attached hydrogen (secondary N) is 1. The minimum absolute atomic E-state index is 0.239. The van der Waals surface area contributed by atoms with Gasteiger partial charge in [-0.2, -0.15) is 0 Å². The van der Waals surface area contributed by atoms with Crippen LogP contribution in [0, 0.1) is 0 Å². The van der Waals surface area contributed by atoms with Gasteiger partial charge in [-0.05, 0) is 12.1 Å². The van der Waals surface area contributed by atoms with Gasteiger partial charge in [0.05, 0.1) is 12.6 Å². The van der Waals surface area contributed by atoms with E-state index in [-0.39, 0.29) is 12.5 Å². The van der Waals surface area contributed by atoms with Gasteiger partial charge in [-0.25, -0.2) is 0 Å². The first-order valence-electron chi connectivity index (χ1n) is 4.63. The van der Waals surface area contributed by atoms with Gasteiger partial charge in [0.1, 0.15) is 6.10 Å². The Morgan fingerprint density at radius 3 is 2.40 bits per heavy atom. The molecule has 82 valence electrons.